The summed E-state index contributed by atoms with van der Waals surface area (Å²) in [6, 6.07) is 11.7. The number of piperidine rings is 1. The molecule has 230 valence electrons. The van der Waals surface area contributed by atoms with Gasteiger partial charge in [-0.2, -0.15) is 0 Å². The van der Waals surface area contributed by atoms with E-state index in [0.29, 0.717) is 46.3 Å². The van der Waals surface area contributed by atoms with Crippen LogP contribution in [0, 0.1) is 12.7 Å². The second-order valence-corrected chi connectivity index (χ2v) is 10.9. The molecule has 0 spiro atoms. The van der Waals surface area contributed by atoms with E-state index in [1.165, 1.54) is 18.5 Å². The number of methoxy groups -OCH3 is 1. The van der Waals surface area contributed by atoms with Gasteiger partial charge in [0.05, 0.1) is 46.6 Å². The number of hydrogen-bond donors (Lipinski definition) is 2. The Bertz CT molecular complexity index is 1890. The highest BCUT2D eigenvalue weighted by Gasteiger charge is 2.23. The van der Waals surface area contributed by atoms with E-state index in [4.69, 9.17) is 21.1 Å². The van der Waals surface area contributed by atoms with Gasteiger partial charge in [-0.25, -0.2) is 19.0 Å². The Balaban J connectivity index is 1.18. The third-order valence-corrected chi connectivity index (χ3v) is 7.94. The average molecular weight is 629 g/mol. The number of carbonyl (C=O) groups is 1. The minimum atomic E-state index is -0.541. The van der Waals surface area contributed by atoms with Crippen LogP contribution in [-0.4, -0.2) is 61.8 Å². The summed E-state index contributed by atoms with van der Waals surface area (Å²) < 4.78 is 28.3. The number of fused-ring (bicyclic) bond motifs is 1. The Labute approximate surface area is 263 Å². The van der Waals surface area contributed by atoms with Crippen molar-refractivity contribution in [1.29, 1.82) is 0 Å². The predicted molar refractivity (Wildman–Crippen MR) is 170 cm³/mol. The van der Waals surface area contributed by atoms with Gasteiger partial charge in [0.15, 0.2) is 0 Å². The van der Waals surface area contributed by atoms with Gasteiger partial charge in [-0.1, -0.05) is 18.2 Å². The lowest BCUT2D eigenvalue weighted by molar-refractivity contribution is -0.126. The zero-order valence-electron chi connectivity index (χ0n) is 24.6. The van der Waals surface area contributed by atoms with Crippen LogP contribution in [0.2, 0.25) is 5.02 Å². The van der Waals surface area contributed by atoms with Crippen LogP contribution in [-0.2, 0) is 4.79 Å². The van der Waals surface area contributed by atoms with Gasteiger partial charge < -0.3 is 25.0 Å². The maximum absolute atomic E-state index is 15.3. The van der Waals surface area contributed by atoms with Crippen LogP contribution >= 0.6 is 11.6 Å². The van der Waals surface area contributed by atoms with E-state index in [-0.39, 0.29) is 29.3 Å². The normalized spacial score (nSPS) is 13.5. The van der Waals surface area contributed by atoms with Gasteiger partial charge in [0.25, 0.3) is 0 Å². The molecule has 0 unspecified atom stereocenters. The van der Waals surface area contributed by atoms with E-state index in [9.17, 15) is 4.79 Å². The van der Waals surface area contributed by atoms with Crippen LogP contribution in [0.3, 0.4) is 0 Å². The second kappa shape index (κ2) is 12.8. The molecular weight excluding hydrogens is 599 g/mol. The number of hydrogen-bond acceptors (Lipinski definition) is 9. The molecule has 1 amide bonds. The molecule has 1 aliphatic rings. The van der Waals surface area contributed by atoms with Crippen molar-refractivity contribution in [2.45, 2.75) is 25.8 Å². The minimum Gasteiger partial charge on any atom is -0.495 e. The van der Waals surface area contributed by atoms with E-state index in [1.807, 2.05) is 19.1 Å². The van der Waals surface area contributed by atoms with Gasteiger partial charge in [-0.15, -0.1) is 5.10 Å². The number of amides is 1. The van der Waals surface area contributed by atoms with Crippen molar-refractivity contribution >= 4 is 45.6 Å². The Kier molecular flexibility index (Phi) is 8.47. The molecule has 0 bridgehead atoms. The maximum Gasteiger partial charge on any atom is 0.245 e. The summed E-state index contributed by atoms with van der Waals surface area (Å²) in [4.78, 5) is 26.8. The molecule has 0 saturated carbocycles. The molecular formula is C32H30ClFN8O3. The highest BCUT2D eigenvalue weighted by Crippen LogP contribution is 2.35. The van der Waals surface area contributed by atoms with Gasteiger partial charge in [0, 0.05) is 48.9 Å². The molecule has 0 aliphatic carbocycles. The smallest absolute Gasteiger partial charge is 0.245 e. The Hall–Kier alpha value is -5.23. The number of halogens is 2. The lowest BCUT2D eigenvalue weighted by Crippen LogP contribution is -2.41. The number of nitrogens with zero attached hydrogens (tertiary/aromatic N) is 6. The summed E-state index contributed by atoms with van der Waals surface area (Å²) in [6.07, 6.45) is 7.65. The summed E-state index contributed by atoms with van der Waals surface area (Å²) >= 11 is 6.19. The number of aromatic nitrogens is 5. The molecule has 0 atom stereocenters. The Morgan fingerprint density at radius 1 is 1.11 bits per heavy atom. The number of pyridine rings is 1. The largest absolute Gasteiger partial charge is 0.495 e. The van der Waals surface area contributed by atoms with Crippen LogP contribution in [0.5, 0.6) is 17.4 Å². The van der Waals surface area contributed by atoms with Crippen molar-refractivity contribution in [3.63, 3.8) is 0 Å². The number of rotatable bonds is 9. The van der Waals surface area contributed by atoms with E-state index in [1.54, 1.807) is 53.4 Å². The maximum atomic E-state index is 15.3. The van der Waals surface area contributed by atoms with Gasteiger partial charge in [-0.3, -0.25) is 9.78 Å². The van der Waals surface area contributed by atoms with Crippen LogP contribution in [0.15, 0.2) is 73.8 Å². The molecule has 6 rings (SSSR count). The molecule has 4 heterocycles. The number of nitrogens with one attached hydrogen (secondary N) is 2. The lowest BCUT2D eigenvalue weighted by Gasteiger charge is -2.32. The zero-order valence-corrected chi connectivity index (χ0v) is 25.4. The summed E-state index contributed by atoms with van der Waals surface area (Å²) in [7, 11) is 1.59. The van der Waals surface area contributed by atoms with Crippen LogP contribution in [0.25, 0.3) is 16.6 Å². The van der Waals surface area contributed by atoms with Crippen molar-refractivity contribution in [3.8, 4) is 23.1 Å². The predicted octanol–water partition coefficient (Wildman–Crippen LogP) is 6.44. The average Bonchev–Trinajstić information content (AvgIpc) is 3.52. The first-order chi connectivity index (χ1) is 21.8. The number of benzene rings is 2. The van der Waals surface area contributed by atoms with Crippen molar-refractivity contribution in [2.24, 2.45) is 0 Å². The molecule has 2 aromatic carbocycles. The first-order valence-corrected chi connectivity index (χ1v) is 14.6. The number of aryl methyl sites for hydroxylation is 1. The van der Waals surface area contributed by atoms with Gasteiger partial charge in [0.1, 0.15) is 29.5 Å². The first-order valence-electron chi connectivity index (χ1n) is 14.2. The number of likely N-dealkylation sites (tertiary alicyclic amines) is 1. The van der Waals surface area contributed by atoms with Crippen molar-refractivity contribution in [2.75, 3.05) is 30.8 Å². The fraction of sp³-hybridized carbons (Fsp3) is 0.219. The van der Waals surface area contributed by atoms with Crippen LogP contribution in [0.1, 0.15) is 18.5 Å². The minimum absolute atomic E-state index is 0.0613. The quantitative estimate of drug-likeness (QED) is 0.178. The first kappa shape index (κ1) is 29.8. The Morgan fingerprint density at radius 2 is 1.93 bits per heavy atom. The lowest BCUT2D eigenvalue weighted by atomic mass is 10.0. The fourth-order valence-corrected chi connectivity index (χ4v) is 5.25. The highest BCUT2D eigenvalue weighted by atomic mass is 35.5. The third kappa shape index (κ3) is 6.50. The van der Waals surface area contributed by atoms with E-state index in [0.717, 1.165) is 24.2 Å². The number of carbonyl (C=O) groups excluding carboxylic acids is 1. The standard InChI is InChI=1S/C32H30ClFN8O3/c1-4-31(43)41-10-7-20(8-11-41)38-28-15-23-27(16-29(28)44-3)36-18-37-32(23)39-26-6-5-22(14-25(26)34)45-30-9-12-42(40-30)21-13-24(33)19(2)35-17-21/h4-6,9,12-18,20,38H,1,7-8,10-11H2,2-3H3,(H,36,37,39). The number of anilines is 3. The molecule has 1 saturated heterocycles. The molecule has 3 aromatic heterocycles. The summed E-state index contributed by atoms with van der Waals surface area (Å²) in [5.41, 5.74) is 2.98. The molecule has 11 nitrogen and oxygen atoms in total. The zero-order chi connectivity index (χ0) is 31.5. The topological polar surface area (TPSA) is 119 Å². The van der Waals surface area contributed by atoms with Gasteiger partial charge in [0.2, 0.25) is 11.8 Å². The second-order valence-electron chi connectivity index (χ2n) is 10.5. The molecule has 5 aromatic rings. The molecule has 1 fully saturated rings. The summed E-state index contributed by atoms with van der Waals surface area (Å²) in [5.74, 6) is 0.991. The van der Waals surface area contributed by atoms with Crippen molar-refractivity contribution in [3.05, 3.63) is 90.4 Å². The van der Waals surface area contributed by atoms with Gasteiger partial charge >= 0.3 is 0 Å². The molecule has 1 aliphatic heterocycles. The molecule has 45 heavy (non-hydrogen) atoms. The number of ether oxygens (including phenoxy) is 2. The van der Waals surface area contributed by atoms with E-state index >= 15 is 4.39 Å². The van der Waals surface area contributed by atoms with Crippen LogP contribution in [0.4, 0.5) is 21.6 Å². The third-order valence-electron chi connectivity index (χ3n) is 7.55. The highest BCUT2D eigenvalue weighted by molar-refractivity contribution is 6.31. The van der Waals surface area contributed by atoms with E-state index in [2.05, 4.69) is 37.3 Å². The molecule has 0 radical (unpaired) electrons. The molecule has 2 N–H and O–H groups in total. The van der Waals surface area contributed by atoms with Crippen molar-refractivity contribution in [1.82, 2.24) is 29.6 Å². The summed E-state index contributed by atoms with van der Waals surface area (Å²) in [6.45, 7) is 6.66. The van der Waals surface area contributed by atoms with Gasteiger partial charge in [-0.05, 0) is 50.1 Å². The SMILES string of the molecule is C=CC(=O)N1CCC(Nc2cc3c(Nc4ccc(Oc5ccn(-c6cnc(C)c(Cl)c6)n5)cc4F)ncnc3cc2OC)CC1. The monoisotopic (exact) mass is 628 g/mol. The fourth-order valence-electron chi connectivity index (χ4n) is 5.09. The summed E-state index contributed by atoms with van der Waals surface area (Å²) in [5, 5.41) is 12.2. The Morgan fingerprint density at radius 3 is 2.67 bits per heavy atom. The van der Waals surface area contributed by atoms with E-state index < -0.39 is 5.82 Å². The van der Waals surface area contributed by atoms with Crippen LogP contribution < -0.4 is 20.1 Å². The molecule has 13 heteroatoms. The van der Waals surface area contributed by atoms with Crippen molar-refractivity contribution < 1.29 is 18.7 Å².